The highest BCUT2D eigenvalue weighted by atomic mass is 35.5. The Morgan fingerprint density at radius 2 is 1.55 bits per heavy atom. The molecule has 10 nitrogen and oxygen atoms in total. The van der Waals surface area contributed by atoms with Crippen LogP contribution in [0.25, 0.3) is 11.4 Å². The van der Waals surface area contributed by atoms with Crippen molar-refractivity contribution < 1.29 is 9.66 Å². The van der Waals surface area contributed by atoms with E-state index in [4.69, 9.17) is 16.3 Å². The van der Waals surface area contributed by atoms with Gasteiger partial charge in [-0.1, -0.05) is 28.1 Å². The first kappa shape index (κ1) is 18.7. The fourth-order valence-corrected chi connectivity index (χ4v) is 2.71. The van der Waals surface area contributed by atoms with Crippen LogP contribution in [0.4, 0.5) is 5.69 Å². The Bertz CT molecular complexity index is 1140. The Balaban J connectivity index is 1.35. The fourth-order valence-electron chi connectivity index (χ4n) is 2.58. The molecule has 0 saturated carbocycles. The molecule has 0 atom stereocenters. The summed E-state index contributed by atoms with van der Waals surface area (Å²) in [4.78, 5) is 10.4. The number of ether oxygens (including phenoxy) is 1. The summed E-state index contributed by atoms with van der Waals surface area (Å²) in [6, 6.07) is 13.4. The van der Waals surface area contributed by atoms with Crippen LogP contribution in [-0.4, -0.2) is 34.9 Å². The molecule has 0 spiro atoms. The van der Waals surface area contributed by atoms with Gasteiger partial charge >= 0.3 is 0 Å². The van der Waals surface area contributed by atoms with E-state index in [-0.39, 0.29) is 18.9 Å². The number of benzene rings is 2. The molecule has 11 heteroatoms. The number of non-ortho nitro benzene ring substituents is 1. The molecule has 0 N–H and O–H groups in total. The molecule has 0 fully saturated rings. The summed E-state index contributed by atoms with van der Waals surface area (Å²) >= 11 is 5.89. The van der Waals surface area contributed by atoms with Crippen molar-refractivity contribution in [3.63, 3.8) is 0 Å². The first-order valence-corrected chi connectivity index (χ1v) is 8.87. The van der Waals surface area contributed by atoms with E-state index in [1.807, 2.05) is 12.1 Å². The minimum atomic E-state index is -0.457. The van der Waals surface area contributed by atoms with Gasteiger partial charge in [0.15, 0.2) is 0 Å². The summed E-state index contributed by atoms with van der Waals surface area (Å²) in [5.74, 6) is 0. The monoisotopic (exact) mass is 411 g/mol. The number of halogens is 1. The van der Waals surface area contributed by atoms with E-state index in [1.54, 1.807) is 41.3 Å². The predicted molar refractivity (Wildman–Crippen MR) is 103 cm³/mol. The Morgan fingerprint density at radius 3 is 2.17 bits per heavy atom. The Kier molecular flexibility index (Phi) is 5.27. The molecule has 146 valence electrons. The highest BCUT2D eigenvalue weighted by molar-refractivity contribution is 6.30. The molecule has 0 bridgehead atoms. The van der Waals surface area contributed by atoms with Crippen LogP contribution in [0.1, 0.15) is 11.4 Å². The van der Waals surface area contributed by atoms with Gasteiger partial charge in [-0.05, 0) is 30.3 Å². The second-order valence-electron chi connectivity index (χ2n) is 6.06. The number of hydrogen-bond acceptors (Lipinski definition) is 7. The molecule has 2 aromatic carbocycles. The highest BCUT2D eigenvalue weighted by Gasteiger charge is 2.09. The van der Waals surface area contributed by atoms with Crippen LogP contribution < -0.4 is 0 Å². The summed E-state index contributed by atoms with van der Waals surface area (Å²) in [7, 11) is 0. The van der Waals surface area contributed by atoms with Crippen LogP contribution in [0, 0.1) is 10.1 Å². The van der Waals surface area contributed by atoms with Crippen molar-refractivity contribution >= 4 is 17.3 Å². The van der Waals surface area contributed by atoms with Crippen LogP contribution in [0.15, 0.2) is 60.9 Å². The van der Waals surface area contributed by atoms with E-state index in [0.29, 0.717) is 22.1 Å². The van der Waals surface area contributed by atoms with E-state index >= 15 is 0 Å². The van der Waals surface area contributed by atoms with Crippen LogP contribution in [0.2, 0.25) is 5.02 Å². The molecule has 0 aliphatic heterocycles. The van der Waals surface area contributed by atoms with Crippen LogP contribution in [0.5, 0.6) is 0 Å². The fraction of sp³-hybridized carbons (Fsp3) is 0.111. The van der Waals surface area contributed by atoms with Gasteiger partial charge in [0.25, 0.3) is 5.69 Å². The number of rotatable bonds is 7. The van der Waals surface area contributed by atoms with E-state index in [9.17, 15) is 10.1 Å². The largest absolute Gasteiger partial charge is 0.369 e. The summed E-state index contributed by atoms with van der Waals surface area (Å²) in [6.07, 6.45) is 3.42. The SMILES string of the molecule is O=[N+]([O-])c1cccc(-n2cc(COCc3cn(-c4ccc(Cl)cc4)nn3)nn2)c1. The van der Waals surface area contributed by atoms with Crippen molar-refractivity contribution in [3.05, 3.63) is 87.4 Å². The van der Waals surface area contributed by atoms with Gasteiger partial charge in [0, 0.05) is 17.2 Å². The minimum Gasteiger partial charge on any atom is -0.369 e. The third-order valence-electron chi connectivity index (χ3n) is 3.98. The summed E-state index contributed by atoms with van der Waals surface area (Å²) in [5, 5.41) is 27.7. The second-order valence-corrected chi connectivity index (χ2v) is 6.49. The predicted octanol–water partition coefficient (Wildman–Crippen LogP) is 3.13. The molecule has 0 radical (unpaired) electrons. The number of hydrogen-bond donors (Lipinski definition) is 0. The lowest BCUT2D eigenvalue weighted by Gasteiger charge is -2.00. The lowest BCUT2D eigenvalue weighted by atomic mass is 10.3. The maximum Gasteiger partial charge on any atom is 0.271 e. The first-order valence-electron chi connectivity index (χ1n) is 8.49. The van der Waals surface area contributed by atoms with Gasteiger partial charge in [-0.2, -0.15) is 0 Å². The van der Waals surface area contributed by atoms with E-state index in [1.165, 1.54) is 16.8 Å². The standard InChI is InChI=1S/C18H14ClN7O3/c19-13-4-6-16(7-5-13)24-9-14(20-22-24)11-29-12-15-10-25(23-21-15)17-2-1-3-18(8-17)26(27)28/h1-10H,11-12H2. The molecule has 0 amide bonds. The van der Waals surface area contributed by atoms with Gasteiger partial charge in [0.2, 0.25) is 0 Å². The van der Waals surface area contributed by atoms with Crippen molar-refractivity contribution in [2.45, 2.75) is 13.2 Å². The zero-order valence-electron chi connectivity index (χ0n) is 14.9. The second kappa shape index (κ2) is 8.17. The van der Waals surface area contributed by atoms with Gasteiger partial charge < -0.3 is 4.74 Å². The van der Waals surface area contributed by atoms with Crippen molar-refractivity contribution in [1.29, 1.82) is 0 Å². The average molecular weight is 412 g/mol. The molecular weight excluding hydrogens is 398 g/mol. The van der Waals surface area contributed by atoms with Crippen molar-refractivity contribution in [1.82, 2.24) is 30.0 Å². The summed E-state index contributed by atoms with van der Waals surface area (Å²) in [6.45, 7) is 0.458. The van der Waals surface area contributed by atoms with E-state index in [2.05, 4.69) is 20.6 Å². The Morgan fingerprint density at radius 1 is 0.931 bits per heavy atom. The lowest BCUT2D eigenvalue weighted by molar-refractivity contribution is -0.384. The molecule has 29 heavy (non-hydrogen) atoms. The van der Waals surface area contributed by atoms with Crippen LogP contribution in [-0.2, 0) is 18.0 Å². The molecule has 0 aliphatic rings. The molecular formula is C18H14ClN7O3. The van der Waals surface area contributed by atoms with Crippen molar-refractivity contribution in [2.24, 2.45) is 0 Å². The van der Waals surface area contributed by atoms with Crippen LogP contribution in [0.3, 0.4) is 0 Å². The van der Waals surface area contributed by atoms with Gasteiger partial charge in [-0.3, -0.25) is 10.1 Å². The normalized spacial score (nSPS) is 10.9. The number of nitro benzene ring substituents is 1. The maximum absolute atomic E-state index is 10.9. The Labute approximate surface area is 169 Å². The smallest absolute Gasteiger partial charge is 0.271 e. The van der Waals surface area contributed by atoms with Crippen molar-refractivity contribution in [2.75, 3.05) is 0 Å². The number of nitrogens with zero attached hydrogens (tertiary/aromatic N) is 7. The molecule has 0 unspecified atom stereocenters. The molecule has 0 saturated heterocycles. The maximum atomic E-state index is 10.9. The van der Waals surface area contributed by atoms with Gasteiger partial charge in [-0.25, -0.2) is 9.36 Å². The zero-order valence-corrected chi connectivity index (χ0v) is 15.7. The van der Waals surface area contributed by atoms with Crippen LogP contribution >= 0.6 is 11.6 Å². The molecule has 2 heterocycles. The zero-order chi connectivity index (χ0) is 20.2. The number of aromatic nitrogens is 6. The van der Waals surface area contributed by atoms with E-state index in [0.717, 1.165) is 5.69 Å². The Hall–Kier alpha value is -3.63. The molecule has 2 aromatic heterocycles. The van der Waals surface area contributed by atoms with Gasteiger partial charge in [-0.15, -0.1) is 10.2 Å². The quantitative estimate of drug-likeness (QED) is 0.339. The third kappa shape index (κ3) is 4.45. The van der Waals surface area contributed by atoms with E-state index < -0.39 is 4.92 Å². The molecule has 4 rings (SSSR count). The molecule has 4 aromatic rings. The summed E-state index contributed by atoms with van der Waals surface area (Å²) in [5.41, 5.74) is 2.61. The third-order valence-corrected chi connectivity index (χ3v) is 4.23. The lowest BCUT2D eigenvalue weighted by Crippen LogP contribution is -1.96. The highest BCUT2D eigenvalue weighted by Crippen LogP contribution is 2.16. The molecule has 0 aliphatic carbocycles. The minimum absolute atomic E-state index is 0.0143. The summed E-state index contributed by atoms with van der Waals surface area (Å²) < 4.78 is 8.72. The topological polar surface area (TPSA) is 114 Å². The van der Waals surface area contributed by atoms with Crippen molar-refractivity contribution in [3.8, 4) is 11.4 Å². The number of nitro groups is 1. The van der Waals surface area contributed by atoms with Gasteiger partial charge in [0.05, 0.1) is 41.9 Å². The average Bonchev–Trinajstić information content (AvgIpc) is 3.39. The first-order chi connectivity index (χ1) is 14.1. The van der Waals surface area contributed by atoms with Gasteiger partial charge in [0.1, 0.15) is 11.4 Å².